The molecule has 0 saturated carbocycles. The number of nitrogens with one attached hydrogen (secondary N) is 2. The predicted octanol–water partition coefficient (Wildman–Crippen LogP) is 4.79. The van der Waals surface area contributed by atoms with Crippen molar-refractivity contribution in [2.24, 2.45) is 0 Å². The van der Waals surface area contributed by atoms with E-state index in [0.29, 0.717) is 30.2 Å². The highest BCUT2D eigenvalue weighted by atomic mass is 35.5. The normalized spacial score (nSPS) is 10.3. The molecule has 7 nitrogen and oxygen atoms in total. The topological polar surface area (TPSA) is 85.4 Å². The molecule has 32 heavy (non-hydrogen) atoms. The lowest BCUT2D eigenvalue weighted by Gasteiger charge is -2.11. The highest BCUT2D eigenvalue weighted by molar-refractivity contribution is 5.89. The van der Waals surface area contributed by atoms with Crippen molar-refractivity contribution >= 4 is 29.8 Å². The van der Waals surface area contributed by atoms with Crippen LogP contribution in [0.15, 0.2) is 54.6 Å². The summed E-state index contributed by atoms with van der Waals surface area (Å²) in [6.45, 7) is -0.837. The van der Waals surface area contributed by atoms with E-state index in [0.717, 1.165) is 11.1 Å². The summed E-state index contributed by atoms with van der Waals surface area (Å²) in [5, 5.41) is 5.96. The second-order valence-corrected chi connectivity index (χ2v) is 6.59. The molecule has 1 amide bonds. The van der Waals surface area contributed by atoms with Gasteiger partial charge in [-0.1, -0.05) is 24.3 Å². The summed E-state index contributed by atoms with van der Waals surface area (Å²) in [6.07, 6.45) is 0.647. The van der Waals surface area contributed by atoms with Crippen molar-refractivity contribution in [1.82, 2.24) is 9.97 Å². The van der Waals surface area contributed by atoms with E-state index in [1.54, 1.807) is 24.3 Å². The lowest BCUT2D eigenvalue weighted by Crippen LogP contribution is -2.08. The fraction of sp³-hybridized carbons (Fsp3) is 0.227. The summed E-state index contributed by atoms with van der Waals surface area (Å²) >= 11 is 0. The number of alkyl halides is 2. The van der Waals surface area contributed by atoms with Gasteiger partial charge in [0.05, 0.1) is 12.8 Å². The number of ether oxygens (including phenoxy) is 2. The standard InChI is InChI=1S/C22H22F2N4O3.ClH/c1-14(29)26-17-5-3-4-16(12-17)19-13-20(28-22(27-19)30-2)25-11-10-15-6-8-18(9-7-15)31-21(23)24;/h3-9,12-13,21H,10-11H2,1-2H3,(H,26,29)(H,25,27,28);1H. The molecular weight excluding hydrogens is 442 g/mol. The second kappa shape index (κ2) is 11.8. The zero-order chi connectivity index (χ0) is 22.2. The lowest BCUT2D eigenvalue weighted by atomic mass is 10.1. The number of rotatable bonds is 9. The number of anilines is 2. The Kier molecular flexibility index (Phi) is 9.15. The minimum atomic E-state index is -2.84. The number of carbonyl (C=O) groups is 1. The van der Waals surface area contributed by atoms with Gasteiger partial charge in [-0.3, -0.25) is 4.79 Å². The van der Waals surface area contributed by atoms with Crippen molar-refractivity contribution < 1.29 is 23.0 Å². The monoisotopic (exact) mass is 464 g/mol. The molecule has 0 bridgehead atoms. The maximum atomic E-state index is 12.2. The number of amides is 1. The molecule has 2 N–H and O–H groups in total. The Balaban J connectivity index is 0.00000363. The summed E-state index contributed by atoms with van der Waals surface area (Å²) in [6, 6.07) is 15.8. The van der Waals surface area contributed by atoms with Crippen molar-refractivity contribution in [3.05, 3.63) is 60.2 Å². The molecule has 0 fully saturated rings. The average molecular weight is 465 g/mol. The number of hydrogen-bond donors (Lipinski definition) is 2. The number of carbonyl (C=O) groups excluding carboxylic acids is 1. The Morgan fingerprint density at radius 3 is 2.50 bits per heavy atom. The van der Waals surface area contributed by atoms with Crippen LogP contribution in [0.5, 0.6) is 11.8 Å². The van der Waals surface area contributed by atoms with Crippen LogP contribution in [0.4, 0.5) is 20.3 Å². The summed E-state index contributed by atoms with van der Waals surface area (Å²) in [7, 11) is 1.49. The molecule has 0 saturated heterocycles. The molecule has 0 radical (unpaired) electrons. The summed E-state index contributed by atoms with van der Waals surface area (Å²) < 4.78 is 34.0. The molecule has 3 aromatic rings. The summed E-state index contributed by atoms with van der Waals surface area (Å²) in [5.74, 6) is 0.538. The van der Waals surface area contributed by atoms with Crippen LogP contribution in [0, 0.1) is 0 Å². The minimum absolute atomic E-state index is 0. The van der Waals surface area contributed by atoms with E-state index in [2.05, 4.69) is 25.3 Å². The molecule has 0 aliphatic heterocycles. The molecule has 0 spiro atoms. The first kappa shape index (κ1) is 24.8. The Labute approximate surface area is 190 Å². The molecule has 0 aliphatic carbocycles. The van der Waals surface area contributed by atoms with Crippen LogP contribution in [0.3, 0.4) is 0 Å². The molecule has 0 atom stereocenters. The van der Waals surface area contributed by atoms with Gasteiger partial charge in [0.2, 0.25) is 5.91 Å². The third-order valence-electron chi connectivity index (χ3n) is 4.24. The van der Waals surface area contributed by atoms with Gasteiger partial charge in [0.1, 0.15) is 11.6 Å². The molecule has 0 aliphatic rings. The Morgan fingerprint density at radius 1 is 1.09 bits per heavy atom. The van der Waals surface area contributed by atoms with Gasteiger partial charge in [0, 0.05) is 30.8 Å². The lowest BCUT2D eigenvalue weighted by molar-refractivity contribution is -0.114. The van der Waals surface area contributed by atoms with Crippen LogP contribution in [-0.4, -0.2) is 36.1 Å². The van der Waals surface area contributed by atoms with Crippen LogP contribution in [-0.2, 0) is 11.2 Å². The predicted molar refractivity (Wildman–Crippen MR) is 121 cm³/mol. The van der Waals surface area contributed by atoms with Crippen molar-refractivity contribution in [3.63, 3.8) is 0 Å². The van der Waals surface area contributed by atoms with Gasteiger partial charge < -0.3 is 20.1 Å². The van der Waals surface area contributed by atoms with E-state index in [4.69, 9.17) is 4.74 Å². The van der Waals surface area contributed by atoms with Crippen LogP contribution in [0.2, 0.25) is 0 Å². The van der Waals surface area contributed by atoms with Crippen molar-refractivity contribution in [2.45, 2.75) is 20.0 Å². The number of aromatic nitrogens is 2. The van der Waals surface area contributed by atoms with Crippen molar-refractivity contribution in [1.29, 1.82) is 0 Å². The van der Waals surface area contributed by atoms with E-state index >= 15 is 0 Å². The first-order valence-electron chi connectivity index (χ1n) is 9.51. The molecule has 0 unspecified atom stereocenters. The van der Waals surface area contributed by atoms with E-state index in [-0.39, 0.29) is 30.1 Å². The molecule has 10 heteroatoms. The zero-order valence-electron chi connectivity index (χ0n) is 17.5. The van der Waals surface area contributed by atoms with E-state index in [9.17, 15) is 13.6 Å². The molecular formula is C22H23ClF2N4O3. The summed E-state index contributed by atoms with van der Waals surface area (Å²) in [5.41, 5.74) is 3.05. The first-order chi connectivity index (χ1) is 14.9. The second-order valence-electron chi connectivity index (χ2n) is 6.59. The van der Waals surface area contributed by atoms with Crippen LogP contribution in [0.1, 0.15) is 12.5 Å². The summed E-state index contributed by atoms with van der Waals surface area (Å²) in [4.78, 5) is 20.0. The highest BCUT2D eigenvalue weighted by Gasteiger charge is 2.09. The van der Waals surface area contributed by atoms with Gasteiger partial charge in [-0.15, -0.1) is 12.4 Å². The number of hydrogen-bond acceptors (Lipinski definition) is 6. The third kappa shape index (κ3) is 7.35. The van der Waals surface area contributed by atoms with Gasteiger partial charge in [-0.2, -0.15) is 18.7 Å². The van der Waals surface area contributed by atoms with Crippen molar-refractivity contribution in [2.75, 3.05) is 24.3 Å². The quantitative estimate of drug-likeness (QED) is 0.473. The van der Waals surface area contributed by atoms with Gasteiger partial charge in [-0.05, 0) is 36.2 Å². The first-order valence-corrected chi connectivity index (χ1v) is 9.51. The maximum Gasteiger partial charge on any atom is 0.387 e. The zero-order valence-corrected chi connectivity index (χ0v) is 18.3. The Bertz CT molecular complexity index is 1040. The smallest absolute Gasteiger partial charge is 0.387 e. The molecule has 170 valence electrons. The van der Waals surface area contributed by atoms with Crippen LogP contribution >= 0.6 is 12.4 Å². The van der Waals surface area contributed by atoms with Crippen LogP contribution < -0.4 is 20.1 Å². The Hall–Kier alpha value is -3.46. The number of benzene rings is 2. The largest absolute Gasteiger partial charge is 0.467 e. The third-order valence-corrected chi connectivity index (χ3v) is 4.24. The van der Waals surface area contributed by atoms with E-state index in [1.165, 1.54) is 26.2 Å². The fourth-order valence-electron chi connectivity index (χ4n) is 2.89. The Morgan fingerprint density at radius 2 is 1.84 bits per heavy atom. The van der Waals surface area contributed by atoms with Gasteiger partial charge in [0.25, 0.3) is 0 Å². The number of methoxy groups -OCH3 is 1. The van der Waals surface area contributed by atoms with Crippen molar-refractivity contribution in [3.8, 4) is 23.0 Å². The van der Waals surface area contributed by atoms with Gasteiger partial charge in [0.15, 0.2) is 0 Å². The molecule has 1 heterocycles. The average Bonchev–Trinajstić information content (AvgIpc) is 2.74. The van der Waals surface area contributed by atoms with Gasteiger partial charge in [-0.25, -0.2) is 0 Å². The number of nitrogens with zero attached hydrogens (tertiary/aromatic N) is 2. The van der Waals surface area contributed by atoms with Gasteiger partial charge >= 0.3 is 12.6 Å². The van der Waals surface area contributed by atoms with E-state index < -0.39 is 6.61 Å². The molecule has 3 rings (SSSR count). The minimum Gasteiger partial charge on any atom is -0.467 e. The maximum absolute atomic E-state index is 12.2. The fourth-order valence-corrected chi connectivity index (χ4v) is 2.89. The SMILES string of the molecule is COc1nc(NCCc2ccc(OC(F)F)cc2)cc(-c2cccc(NC(C)=O)c2)n1.Cl. The van der Waals surface area contributed by atoms with Crippen LogP contribution in [0.25, 0.3) is 11.3 Å². The molecule has 1 aromatic heterocycles. The number of halogens is 3. The highest BCUT2D eigenvalue weighted by Crippen LogP contribution is 2.25. The molecule has 2 aromatic carbocycles. The van der Waals surface area contributed by atoms with E-state index in [1.807, 2.05) is 18.2 Å².